The average molecular weight is 1090 g/mol. The van der Waals surface area contributed by atoms with E-state index >= 15 is 0 Å². The molecule has 0 bridgehead atoms. The lowest BCUT2D eigenvalue weighted by molar-refractivity contribution is -0.870. The lowest BCUT2D eigenvalue weighted by atomic mass is 10.0. The Morgan fingerprint density at radius 1 is 0.408 bits per heavy atom. The van der Waals surface area contributed by atoms with Gasteiger partial charge in [-0.05, 0) is 77.0 Å². The SMILES string of the molecule is CCC/C=C\C/C=C\CCCCCCCC(=O)OCC(COP(=O)([O-])OCC[N+](C)(C)C)OC(=O)CCCCCCCCCCCCCCCCCCCCCCCCCC/C=C\C/C=C\C/C=C\CCCCCCC. The van der Waals surface area contributed by atoms with Crippen molar-refractivity contribution in [3.63, 3.8) is 0 Å². The Morgan fingerprint density at radius 3 is 1.11 bits per heavy atom. The fraction of sp³-hybridized carbons (Fsp3) is 0.818. The van der Waals surface area contributed by atoms with Gasteiger partial charge in [-0.2, -0.15) is 0 Å². The number of phosphoric ester groups is 1. The van der Waals surface area contributed by atoms with Gasteiger partial charge in [0, 0.05) is 12.8 Å². The number of ether oxygens (including phenoxy) is 2. The summed E-state index contributed by atoms with van der Waals surface area (Å²) in [6.07, 6.45) is 74.6. The van der Waals surface area contributed by atoms with Gasteiger partial charge >= 0.3 is 11.9 Å². The molecule has 10 heteroatoms. The minimum Gasteiger partial charge on any atom is -0.756 e. The van der Waals surface area contributed by atoms with Gasteiger partial charge in [0.1, 0.15) is 19.8 Å². The topological polar surface area (TPSA) is 111 Å². The number of carbonyl (C=O) groups excluding carboxylic acids is 2. The maximum Gasteiger partial charge on any atom is 0.306 e. The minimum absolute atomic E-state index is 0.0329. The zero-order valence-electron chi connectivity index (χ0n) is 50.5. The standard InChI is InChI=1S/C66H122NO8P/c1-6-8-10-12-14-16-18-20-21-22-23-24-25-26-27-28-29-30-31-32-33-34-35-36-37-38-39-40-41-42-43-44-45-47-49-51-53-55-57-59-66(69)75-64(63-74-76(70,71)73-61-60-67(3,4)5)62-72-65(68)58-56-54-52-50-48-46-19-17-15-13-11-9-7-2/h11,13,17-20,22-23,25-26,64H,6-10,12,14-16,21,24,27-63H2,1-5H3/b13-11-,19-17-,20-18-,23-22-,26-25-. The van der Waals surface area contributed by atoms with Crippen molar-refractivity contribution in [2.45, 2.75) is 302 Å². The van der Waals surface area contributed by atoms with Gasteiger partial charge in [-0.1, -0.05) is 267 Å². The van der Waals surface area contributed by atoms with E-state index in [2.05, 4.69) is 74.6 Å². The van der Waals surface area contributed by atoms with Gasteiger partial charge in [0.2, 0.25) is 0 Å². The van der Waals surface area contributed by atoms with E-state index < -0.39 is 32.5 Å². The Kier molecular flexibility index (Phi) is 55.7. The van der Waals surface area contributed by atoms with Crippen molar-refractivity contribution in [2.24, 2.45) is 0 Å². The Hall–Kier alpha value is -2.29. The van der Waals surface area contributed by atoms with Crippen molar-refractivity contribution in [3.05, 3.63) is 60.8 Å². The van der Waals surface area contributed by atoms with Gasteiger partial charge in [0.25, 0.3) is 7.82 Å². The maximum atomic E-state index is 12.8. The quantitative estimate of drug-likeness (QED) is 0.0195. The first-order valence-electron chi connectivity index (χ1n) is 32.0. The van der Waals surface area contributed by atoms with Gasteiger partial charge < -0.3 is 27.9 Å². The third-order valence-corrected chi connectivity index (χ3v) is 15.0. The van der Waals surface area contributed by atoms with Crippen LogP contribution < -0.4 is 4.89 Å². The molecule has 9 nitrogen and oxygen atoms in total. The zero-order valence-corrected chi connectivity index (χ0v) is 51.3. The Bertz CT molecular complexity index is 1470. The summed E-state index contributed by atoms with van der Waals surface area (Å²) in [4.78, 5) is 37.8. The summed E-state index contributed by atoms with van der Waals surface area (Å²) in [6.45, 7) is 4.17. The van der Waals surface area contributed by atoms with Crippen LogP contribution in [0, 0.1) is 0 Å². The first-order chi connectivity index (χ1) is 37.0. The van der Waals surface area contributed by atoms with Gasteiger partial charge in [-0.25, -0.2) is 0 Å². The van der Waals surface area contributed by atoms with Crippen LogP contribution in [0.1, 0.15) is 296 Å². The molecule has 0 aromatic carbocycles. The van der Waals surface area contributed by atoms with Crippen LogP contribution in [0.2, 0.25) is 0 Å². The van der Waals surface area contributed by atoms with Crippen molar-refractivity contribution in [3.8, 4) is 0 Å². The van der Waals surface area contributed by atoms with Crippen LogP contribution in [0.5, 0.6) is 0 Å². The molecule has 0 aromatic rings. The summed E-state index contributed by atoms with van der Waals surface area (Å²) in [5.41, 5.74) is 0. The molecule has 0 rings (SSSR count). The van der Waals surface area contributed by atoms with E-state index in [0.717, 1.165) is 77.0 Å². The van der Waals surface area contributed by atoms with Gasteiger partial charge in [-0.3, -0.25) is 14.2 Å². The second kappa shape index (κ2) is 57.4. The smallest absolute Gasteiger partial charge is 0.306 e. The highest BCUT2D eigenvalue weighted by Crippen LogP contribution is 2.38. The highest BCUT2D eigenvalue weighted by molar-refractivity contribution is 7.45. The number of allylic oxidation sites excluding steroid dienone is 10. The molecule has 2 unspecified atom stereocenters. The van der Waals surface area contributed by atoms with Crippen LogP contribution in [0.15, 0.2) is 60.8 Å². The van der Waals surface area contributed by atoms with Crippen molar-refractivity contribution in [1.29, 1.82) is 0 Å². The van der Waals surface area contributed by atoms with Crippen LogP contribution >= 0.6 is 7.82 Å². The molecule has 0 N–H and O–H groups in total. The molecule has 0 radical (unpaired) electrons. The second-order valence-corrected chi connectivity index (χ2v) is 24.2. The lowest BCUT2D eigenvalue weighted by Crippen LogP contribution is -2.37. The fourth-order valence-corrected chi connectivity index (χ4v) is 9.79. The second-order valence-electron chi connectivity index (χ2n) is 22.8. The van der Waals surface area contributed by atoms with E-state index in [9.17, 15) is 19.0 Å². The van der Waals surface area contributed by atoms with E-state index in [-0.39, 0.29) is 26.1 Å². The highest BCUT2D eigenvalue weighted by Gasteiger charge is 2.22. The number of hydrogen-bond acceptors (Lipinski definition) is 8. The number of phosphoric acid groups is 1. The molecule has 0 aliphatic rings. The number of rotatable bonds is 59. The van der Waals surface area contributed by atoms with E-state index in [1.165, 1.54) is 180 Å². The number of quaternary nitrogens is 1. The molecular formula is C66H122NO8P. The predicted octanol–water partition coefficient (Wildman–Crippen LogP) is 19.6. The van der Waals surface area contributed by atoms with E-state index in [1.807, 2.05) is 21.1 Å². The van der Waals surface area contributed by atoms with Crippen LogP contribution in [-0.2, 0) is 32.7 Å². The zero-order chi connectivity index (χ0) is 55.6. The molecule has 0 aromatic heterocycles. The molecule has 2 atom stereocenters. The molecule has 0 saturated carbocycles. The van der Waals surface area contributed by atoms with E-state index in [0.29, 0.717) is 23.9 Å². The molecule has 0 aliphatic carbocycles. The molecule has 0 saturated heterocycles. The van der Waals surface area contributed by atoms with Gasteiger partial charge in [-0.15, -0.1) is 0 Å². The number of likely N-dealkylation sites (N-methyl/N-ethyl adjacent to an activating group) is 1. The molecule has 0 amide bonds. The van der Waals surface area contributed by atoms with Gasteiger partial charge in [0.05, 0.1) is 27.7 Å². The third kappa shape index (κ3) is 60.9. The number of unbranched alkanes of at least 4 members (excludes halogenated alkanes) is 35. The molecule has 0 spiro atoms. The number of carbonyl (C=O) groups is 2. The average Bonchev–Trinajstić information content (AvgIpc) is 3.38. The summed E-state index contributed by atoms with van der Waals surface area (Å²) in [7, 11) is 1.16. The normalized spacial score (nSPS) is 13.6. The van der Waals surface area contributed by atoms with Crippen molar-refractivity contribution in [2.75, 3.05) is 47.5 Å². The maximum absolute atomic E-state index is 12.8. The third-order valence-electron chi connectivity index (χ3n) is 14.0. The molecule has 444 valence electrons. The van der Waals surface area contributed by atoms with Crippen LogP contribution in [0.3, 0.4) is 0 Å². The first kappa shape index (κ1) is 73.7. The van der Waals surface area contributed by atoms with E-state index in [4.69, 9.17) is 18.5 Å². The van der Waals surface area contributed by atoms with Crippen molar-refractivity contribution >= 4 is 19.8 Å². The summed E-state index contributed by atoms with van der Waals surface area (Å²) in [5.74, 6) is -0.841. The van der Waals surface area contributed by atoms with E-state index in [1.54, 1.807) is 0 Å². The molecule has 76 heavy (non-hydrogen) atoms. The molecule has 0 fully saturated rings. The largest absolute Gasteiger partial charge is 0.756 e. The fourth-order valence-electron chi connectivity index (χ4n) is 9.06. The lowest BCUT2D eigenvalue weighted by Gasteiger charge is -2.28. The first-order valence-corrected chi connectivity index (χ1v) is 33.5. The number of hydrogen-bond donors (Lipinski definition) is 0. The highest BCUT2D eigenvalue weighted by atomic mass is 31.2. The molecule has 0 heterocycles. The summed E-state index contributed by atoms with van der Waals surface area (Å²) in [5, 5.41) is 0. The van der Waals surface area contributed by atoms with Crippen LogP contribution in [-0.4, -0.2) is 70.0 Å². The summed E-state index contributed by atoms with van der Waals surface area (Å²) in [6, 6.07) is 0. The van der Waals surface area contributed by atoms with Crippen molar-refractivity contribution in [1.82, 2.24) is 0 Å². The van der Waals surface area contributed by atoms with Crippen molar-refractivity contribution < 1.29 is 42.1 Å². The summed E-state index contributed by atoms with van der Waals surface area (Å²) >= 11 is 0. The van der Waals surface area contributed by atoms with Crippen LogP contribution in [0.4, 0.5) is 0 Å². The molecule has 0 aliphatic heterocycles. The monoisotopic (exact) mass is 1090 g/mol. The number of nitrogens with zero attached hydrogens (tertiary/aromatic N) is 1. The Morgan fingerprint density at radius 2 is 0.737 bits per heavy atom. The molecular weight excluding hydrogens is 966 g/mol. The number of esters is 2. The minimum atomic E-state index is -4.64. The Balaban J connectivity index is 3.89. The van der Waals surface area contributed by atoms with Crippen LogP contribution in [0.25, 0.3) is 0 Å². The Labute approximate surface area is 470 Å². The predicted molar refractivity (Wildman–Crippen MR) is 323 cm³/mol. The van der Waals surface area contributed by atoms with Gasteiger partial charge in [0.15, 0.2) is 6.10 Å². The summed E-state index contributed by atoms with van der Waals surface area (Å²) < 4.78 is 34.1.